The van der Waals surface area contributed by atoms with Crippen LogP contribution in [-0.4, -0.2) is 55.5 Å². The van der Waals surface area contributed by atoms with Crippen LogP contribution in [0, 0.1) is 0 Å². The normalized spacial score (nSPS) is 10.8. The van der Waals surface area contributed by atoms with E-state index < -0.39 is 32.2 Å². The van der Waals surface area contributed by atoms with E-state index in [1.807, 2.05) is 0 Å². The molecule has 0 saturated heterocycles. The van der Waals surface area contributed by atoms with E-state index in [1.165, 1.54) is 38.5 Å². The molecule has 164 valence electrons. The lowest BCUT2D eigenvalue weighted by Crippen LogP contribution is -2.10. The van der Waals surface area contributed by atoms with Crippen molar-refractivity contribution in [1.82, 2.24) is 0 Å². The number of carbonyl (C=O) groups is 2. The molecular weight excluding hydrogens is 440 g/mol. The van der Waals surface area contributed by atoms with Gasteiger partial charge in [0, 0.05) is 0 Å². The van der Waals surface area contributed by atoms with Crippen LogP contribution < -0.4 is 8.37 Å². The molecule has 0 aliphatic rings. The number of benzene rings is 2. The number of methoxy groups -OCH3 is 2. The summed E-state index contributed by atoms with van der Waals surface area (Å²) in [4.78, 5) is 22.4. The predicted molar refractivity (Wildman–Crippen MR) is 107 cm³/mol. The van der Waals surface area contributed by atoms with Crippen LogP contribution in [0.3, 0.4) is 0 Å². The largest absolute Gasteiger partial charge is 0.465 e. The number of carbonyl (C=O) groups excluding carboxylic acids is 2. The van der Waals surface area contributed by atoms with Gasteiger partial charge in [-0.3, -0.25) is 0 Å². The predicted octanol–water partition coefficient (Wildman–Crippen LogP) is 1.62. The third-order valence-electron chi connectivity index (χ3n) is 3.07. The highest BCUT2D eigenvalue weighted by Crippen LogP contribution is 2.21. The van der Waals surface area contributed by atoms with Gasteiger partial charge in [-0.05, 0) is 24.3 Å². The zero-order chi connectivity index (χ0) is 22.9. The zero-order valence-corrected chi connectivity index (χ0v) is 18.2. The molecule has 2 aromatic carbocycles. The van der Waals surface area contributed by atoms with Gasteiger partial charge in [-0.15, -0.1) is 0 Å². The lowest BCUT2D eigenvalue weighted by Gasteiger charge is -2.06. The summed E-state index contributed by atoms with van der Waals surface area (Å²) < 4.78 is 61.8. The molecule has 0 aliphatic heterocycles. The lowest BCUT2D eigenvalue weighted by molar-refractivity contribution is 0.0589. The van der Waals surface area contributed by atoms with E-state index in [-0.39, 0.29) is 22.6 Å². The molecule has 0 bridgehead atoms. The Hall–Kier alpha value is -3.12. The maximum absolute atomic E-state index is 11.2. The van der Waals surface area contributed by atoms with E-state index >= 15 is 0 Å². The molecule has 2 aromatic rings. The van der Waals surface area contributed by atoms with Gasteiger partial charge in [0.25, 0.3) is 0 Å². The van der Waals surface area contributed by atoms with Crippen molar-refractivity contribution in [3.8, 4) is 11.5 Å². The van der Waals surface area contributed by atoms with E-state index in [9.17, 15) is 26.4 Å². The highest BCUT2D eigenvalue weighted by atomic mass is 32.2. The SMILES string of the molecule is COC(=O)c1ccccc1OS(C)(=O)=O.COC(=O)c1ccccc1OS(C)(=O)=O. The van der Waals surface area contributed by atoms with E-state index in [1.54, 1.807) is 24.3 Å². The molecule has 0 aliphatic carbocycles. The van der Waals surface area contributed by atoms with Crippen LogP contribution in [0.2, 0.25) is 0 Å². The number of rotatable bonds is 6. The summed E-state index contributed by atoms with van der Waals surface area (Å²) in [6.07, 6.45) is 1.81. The third kappa shape index (κ3) is 8.49. The lowest BCUT2D eigenvalue weighted by atomic mass is 10.2. The molecule has 0 unspecified atom stereocenters. The van der Waals surface area contributed by atoms with Crippen molar-refractivity contribution < 1.29 is 44.3 Å². The maximum Gasteiger partial charge on any atom is 0.341 e. The Morgan fingerprint density at radius 1 is 0.633 bits per heavy atom. The molecule has 0 N–H and O–H groups in total. The van der Waals surface area contributed by atoms with Crippen molar-refractivity contribution in [2.75, 3.05) is 26.7 Å². The summed E-state index contributed by atoms with van der Waals surface area (Å²) in [5.41, 5.74) is 0.149. The maximum atomic E-state index is 11.2. The van der Waals surface area contributed by atoms with Gasteiger partial charge in [0.15, 0.2) is 11.5 Å². The van der Waals surface area contributed by atoms with Crippen molar-refractivity contribution in [3.05, 3.63) is 59.7 Å². The summed E-state index contributed by atoms with van der Waals surface area (Å²) in [5.74, 6) is -1.36. The molecule has 0 amide bonds. The molecule has 0 saturated carbocycles. The monoisotopic (exact) mass is 460 g/mol. The highest BCUT2D eigenvalue weighted by Gasteiger charge is 2.16. The first kappa shape index (κ1) is 24.9. The van der Waals surface area contributed by atoms with E-state index in [0.717, 1.165) is 12.5 Å². The number of ether oxygens (including phenoxy) is 2. The standard InChI is InChI=1S/2C9H10O5S/c2*1-13-9(10)7-5-3-4-6-8(7)14-15(2,11)12/h2*3-6H,1-2H3. The highest BCUT2D eigenvalue weighted by molar-refractivity contribution is 7.86. The van der Waals surface area contributed by atoms with Crippen molar-refractivity contribution in [2.24, 2.45) is 0 Å². The minimum absolute atomic E-state index is 0.0353. The van der Waals surface area contributed by atoms with Gasteiger partial charge in [-0.1, -0.05) is 24.3 Å². The van der Waals surface area contributed by atoms with Gasteiger partial charge >= 0.3 is 32.2 Å². The van der Waals surface area contributed by atoms with Crippen LogP contribution in [0.15, 0.2) is 48.5 Å². The summed E-state index contributed by atoms with van der Waals surface area (Å²) >= 11 is 0. The van der Waals surface area contributed by atoms with E-state index in [4.69, 9.17) is 0 Å². The van der Waals surface area contributed by atoms with E-state index in [0.29, 0.717) is 0 Å². The topological polar surface area (TPSA) is 139 Å². The fourth-order valence-electron chi connectivity index (χ4n) is 1.96. The van der Waals surface area contributed by atoms with E-state index in [2.05, 4.69) is 17.8 Å². The number of esters is 2. The minimum Gasteiger partial charge on any atom is -0.465 e. The molecule has 0 radical (unpaired) electrons. The molecule has 2 rings (SSSR count). The molecule has 0 spiro atoms. The molecule has 0 heterocycles. The molecule has 12 heteroatoms. The van der Waals surface area contributed by atoms with Gasteiger partial charge < -0.3 is 17.8 Å². The number of hydrogen-bond acceptors (Lipinski definition) is 10. The van der Waals surface area contributed by atoms with Crippen molar-refractivity contribution in [1.29, 1.82) is 0 Å². The first-order valence-corrected chi connectivity index (χ1v) is 11.6. The summed E-state index contributed by atoms with van der Waals surface area (Å²) in [6, 6.07) is 11.9. The number of para-hydroxylation sites is 2. The summed E-state index contributed by atoms with van der Waals surface area (Å²) in [5, 5.41) is 0. The zero-order valence-electron chi connectivity index (χ0n) is 16.5. The van der Waals surface area contributed by atoms with Gasteiger partial charge in [0.05, 0.1) is 26.7 Å². The molecular formula is C18H20O10S2. The average molecular weight is 460 g/mol. The molecule has 30 heavy (non-hydrogen) atoms. The second kappa shape index (κ2) is 10.6. The van der Waals surface area contributed by atoms with Crippen LogP contribution in [0.1, 0.15) is 20.7 Å². The summed E-state index contributed by atoms with van der Waals surface area (Å²) in [7, 11) is -4.88. The molecule has 0 aromatic heterocycles. The molecule has 10 nitrogen and oxygen atoms in total. The third-order valence-corrected chi connectivity index (χ3v) is 4.03. The van der Waals surface area contributed by atoms with Crippen LogP contribution in [0.4, 0.5) is 0 Å². The first-order valence-electron chi connectivity index (χ1n) is 8.01. The average Bonchev–Trinajstić information content (AvgIpc) is 2.65. The Balaban J connectivity index is 0.000000300. The quantitative estimate of drug-likeness (QED) is 0.461. The second-order valence-corrected chi connectivity index (χ2v) is 8.70. The number of hydrogen-bond donors (Lipinski definition) is 0. The van der Waals surface area contributed by atoms with Crippen molar-refractivity contribution in [3.63, 3.8) is 0 Å². The fourth-order valence-corrected chi connectivity index (χ4v) is 2.90. The Labute approximate surface area is 174 Å². The van der Waals surface area contributed by atoms with Crippen LogP contribution in [0.5, 0.6) is 11.5 Å². The van der Waals surface area contributed by atoms with Crippen LogP contribution in [0.25, 0.3) is 0 Å². The second-order valence-electron chi connectivity index (χ2n) is 5.55. The van der Waals surface area contributed by atoms with Gasteiger partial charge in [-0.2, -0.15) is 16.8 Å². The minimum atomic E-state index is -3.65. The van der Waals surface area contributed by atoms with Crippen LogP contribution >= 0.6 is 0 Å². The fraction of sp³-hybridized carbons (Fsp3) is 0.222. The Morgan fingerprint density at radius 2 is 0.933 bits per heavy atom. The Bertz CT molecular complexity index is 1020. The van der Waals surface area contributed by atoms with Gasteiger partial charge in [0.1, 0.15) is 11.1 Å². The first-order chi connectivity index (χ1) is 13.9. The van der Waals surface area contributed by atoms with Gasteiger partial charge in [0.2, 0.25) is 0 Å². The van der Waals surface area contributed by atoms with Gasteiger partial charge in [-0.25, -0.2) is 9.59 Å². The Morgan fingerprint density at radius 3 is 1.20 bits per heavy atom. The molecule has 0 fully saturated rings. The van der Waals surface area contributed by atoms with Crippen LogP contribution in [-0.2, 0) is 29.7 Å². The molecule has 0 atom stereocenters. The van der Waals surface area contributed by atoms with Crippen molar-refractivity contribution in [2.45, 2.75) is 0 Å². The smallest absolute Gasteiger partial charge is 0.341 e. The van der Waals surface area contributed by atoms with Crippen molar-refractivity contribution >= 4 is 32.2 Å². The summed E-state index contributed by atoms with van der Waals surface area (Å²) in [6.45, 7) is 0. The Kier molecular flexibility index (Phi) is 8.80.